The molecule has 1 aromatic carbocycles. The van der Waals surface area contributed by atoms with Gasteiger partial charge in [-0.25, -0.2) is 0 Å². The summed E-state index contributed by atoms with van der Waals surface area (Å²) in [5.41, 5.74) is 1.77. The van der Waals surface area contributed by atoms with Gasteiger partial charge in [0.15, 0.2) is 0 Å². The number of benzene rings is 1. The molecule has 1 aromatic rings. The van der Waals surface area contributed by atoms with Gasteiger partial charge in [0.1, 0.15) is 5.75 Å². The van der Waals surface area contributed by atoms with Crippen LogP contribution in [0.4, 0.5) is 5.69 Å². The van der Waals surface area contributed by atoms with Crippen molar-refractivity contribution < 1.29 is 5.11 Å². The minimum absolute atomic E-state index is 0.264. The van der Waals surface area contributed by atoms with Crippen LogP contribution >= 0.6 is 0 Å². The Morgan fingerprint density at radius 2 is 1.88 bits per heavy atom. The zero-order valence-electron chi connectivity index (χ0n) is 11.0. The Kier molecular flexibility index (Phi) is 4.82. The van der Waals surface area contributed by atoms with E-state index in [9.17, 15) is 5.11 Å². The summed E-state index contributed by atoms with van der Waals surface area (Å²) in [6, 6.07) is 5.67. The molecule has 0 radical (unpaired) electrons. The molecule has 0 atom stereocenters. The molecule has 0 fully saturated rings. The Morgan fingerprint density at radius 1 is 1.24 bits per heavy atom. The maximum Gasteiger partial charge on any atom is 0.126 e. The Balaban J connectivity index is 2.93. The topological polar surface area (TPSA) is 39.1 Å². The Bertz CT molecular complexity index is 384. The lowest BCUT2D eigenvalue weighted by molar-refractivity contribution is 0.439. The number of hydrogen-bond donors (Lipinski definition) is 1. The van der Waals surface area contributed by atoms with Gasteiger partial charge in [0.2, 0.25) is 0 Å². The Morgan fingerprint density at radius 3 is 2.35 bits per heavy atom. The van der Waals surface area contributed by atoms with Crippen LogP contribution in [0, 0.1) is 0 Å². The molecule has 0 saturated carbocycles. The van der Waals surface area contributed by atoms with E-state index in [4.69, 9.17) is 0 Å². The predicted octanol–water partition coefficient (Wildman–Crippen LogP) is 2.13. The number of anilines is 1. The minimum atomic E-state index is 0.264. The molecule has 17 heavy (non-hydrogen) atoms. The Labute approximate surface area is 103 Å². The van der Waals surface area contributed by atoms with E-state index in [2.05, 4.69) is 23.8 Å². The maximum absolute atomic E-state index is 9.91. The first kappa shape index (κ1) is 13.4. The lowest BCUT2D eigenvalue weighted by atomic mass is 10.2. The first-order chi connectivity index (χ1) is 8.08. The number of phenols is 1. The van der Waals surface area contributed by atoms with E-state index in [1.54, 1.807) is 17.3 Å². The van der Waals surface area contributed by atoms with Gasteiger partial charge in [-0.3, -0.25) is 0 Å². The largest absolute Gasteiger partial charge is 0.507 e. The molecule has 94 valence electrons. The predicted molar refractivity (Wildman–Crippen MR) is 72.9 cm³/mol. The van der Waals surface area contributed by atoms with Crippen molar-refractivity contribution in [3.63, 3.8) is 0 Å². The van der Waals surface area contributed by atoms with Crippen molar-refractivity contribution in [2.24, 2.45) is 5.10 Å². The van der Waals surface area contributed by atoms with Crippen LogP contribution in [0.5, 0.6) is 5.75 Å². The molecule has 1 rings (SSSR count). The standard InChI is InChI=1S/C13H21N3O/c1-5-16(6-2)12-8-7-11(13(17)9-12)10-14-15(3)4/h7-10,17H,5-6H2,1-4H3. The van der Waals surface area contributed by atoms with Crippen molar-refractivity contribution in [1.29, 1.82) is 0 Å². The molecular weight excluding hydrogens is 214 g/mol. The fourth-order valence-corrected chi connectivity index (χ4v) is 1.60. The smallest absolute Gasteiger partial charge is 0.126 e. The summed E-state index contributed by atoms with van der Waals surface area (Å²) >= 11 is 0. The summed E-state index contributed by atoms with van der Waals surface area (Å²) in [6.07, 6.45) is 1.65. The third-order valence-electron chi connectivity index (χ3n) is 2.57. The van der Waals surface area contributed by atoms with Gasteiger partial charge in [-0.15, -0.1) is 0 Å². The maximum atomic E-state index is 9.91. The van der Waals surface area contributed by atoms with E-state index in [-0.39, 0.29) is 5.75 Å². The fraction of sp³-hybridized carbons (Fsp3) is 0.462. The highest BCUT2D eigenvalue weighted by atomic mass is 16.3. The first-order valence-electron chi connectivity index (χ1n) is 5.87. The molecule has 0 unspecified atom stereocenters. The van der Waals surface area contributed by atoms with Crippen molar-refractivity contribution in [2.45, 2.75) is 13.8 Å². The summed E-state index contributed by atoms with van der Waals surface area (Å²) in [4.78, 5) is 2.19. The van der Waals surface area contributed by atoms with Crippen molar-refractivity contribution in [1.82, 2.24) is 5.01 Å². The van der Waals surface area contributed by atoms with E-state index in [1.807, 2.05) is 26.2 Å². The van der Waals surface area contributed by atoms with E-state index < -0.39 is 0 Å². The van der Waals surface area contributed by atoms with Crippen LogP contribution in [0.1, 0.15) is 19.4 Å². The van der Waals surface area contributed by atoms with Crippen LogP contribution in [-0.4, -0.2) is 43.5 Å². The van der Waals surface area contributed by atoms with E-state index in [0.29, 0.717) is 0 Å². The molecule has 0 aliphatic heterocycles. The van der Waals surface area contributed by atoms with Gasteiger partial charge >= 0.3 is 0 Å². The molecule has 4 heteroatoms. The third kappa shape index (κ3) is 3.66. The van der Waals surface area contributed by atoms with Crippen molar-refractivity contribution in [3.05, 3.63) is 23.8 Å². The second-order valence-corrected chi connectivity index (χ2v) is 4.01. The highest BCUT2D eigenvalue weighted by molar-refractivity contribution is 5.84. The zero-order valence-corrected chi connectivity index (χ0v) is 11.0. The van der Waals surface area contributed by atoms with Gasteiger partial charge in [-0.1, -0.05) is 0 Å². The van der Waals surface area contributed by atoms with E-state index >= 15 is 0 Å². The van der Waals surface area contributed by atoms with Crippen LogP contribution in [0.15, 0.2) is 23.3 Å². The quantitative estimate of drug-likeness (QED) is 0.627. The van der Waals surface area contributed by atoms with E-state index in [0.717, 1.165) is 24.3 Å². The van der Waals surface area contributed by atoms with Crippen molar-refractivity contribution in [2.75, 3.05) is 32.1 Å². The van der Waals surface area contributed by atoms with Crippen LogP contribution in [-0.2, 0) is 0 Å². The first-order valence-corrected chi connectivity index (χ1v) is 5.87. The molecule has 0 saturated heterocycles. The molecule has 4 nitrogen and oxygen atoms in total. The highest BCUT2D eigenvalue weighted by Gasteiger charge is 2.05. The summed E-state index contributed by atoms with van der Waals surface area (Å²) in [7, 11) is 3.69. The third-order valence-corrected chi connectivity index (χ3v) is 2.57. The van der Waals surface area contributed by atoms with Gasteiger partial charge in [0.25, 0.3) is 0 Å². The van der Waals surface area contributed by atoms with Crippen LogP contribution in [0.25, 0.3) is 0 Å². The molecule has 0 bridgehead atoms. The molecule has 0 amide bonds. The molecule has 0 aromatic heterocycles. The number of rotatable bonds is 5. The number of hydrazone groups is 1. The number of nitrogens with zero attached hydrogens (tertiary/aromatic N) is 3. The van der Waals surface area contributed by atoms with Gasteiger partial charge in [-0.2, -0.15) is 5.10 Å². The fourth-order valence-electron chi connectivity index (χ4n) is 1.60. The zero-order chi connectivity index (χ0) is 12.8. The number of hydrogen-bond acceptors (Lipinski definition) is 4. The summed E-state index contributed by atoms with van der Waals surface area (Å²) < 4.78 is 0. The van der Waals surface area contributed by atoms with Crippen LogP contribution < -0.4 is 4.90 Å². The van der Waals surface area contributed by atoms with Crippen LogP contribution in [0.2, 0.25) is 0 Å². The Hall–Kier alpha value is -1.71. The summed E-state index contributed by atoms with van der Waals surface area (Å²) in [5.74, 6) is 0.264. The summed E-state index contributed by atoms with van der Waals surface area (Å²) in [6.45, 7) is 6.06. The van der Waals surface area contributed by atoms with Crippen LogP contribution in [0.3, 0.4) is 0 Å². The monoisotopic (exact) mass is 235 g/mol. The SMILES string of the molecule is CCN(CC)c1ccc(C=NN(C)C)c(O)c1. The van der Waals surface area contributed by atoms with E-state index in [1.165, 1.54) is 0 Å². The molecule has 0 aliphatic rings. The van der Waals surface area contributed by atoms with Gasteiger partial charge in [0, 0.05) is 44.5 Å². The number of phenolic OH excluding ortho intramolecular Hbond substituents is 1. The molecule has 0 spiro atoms. The van der Waals surface area contributed by atoms with Gasteiger partial charge < -0.3 is 15.0 Å². The molecule has 1 N–H and O–H groups in total. The average molecular weight is 235 g/mol. The lowest BCUT2D eigenvalue weighted by Gasteiger charge is -2.21. The second-order valence-electron chi connectivity index (χ2n) is 4.01. The molecular formula is C13H21N3O. The van der Waals surface area contributed by atoms with Gasteiger partial charge in [-0.05, 0) is 26.0 Å². The molecule has 0 heterocycles. The van der Waals surface area contributed by atoms with Gasteiger partial charge in [0.05, 0.1) is 6.21 Å². The normalized spacial score (nSPS) is 10.8. The van der Waals surface area contributed by atoms with Crippen molar-refractivity contribution in [3.8, 4) is 5.75 Å². The minimum Gasteiger partial charge on any atom is -0.507 e. The average Bonchev–Trinajstić information content (AvgIpc) is 2.29. The summed E-state index contributed by atoms with van der Waals surface area (Å²) in [5, 5.41) is 15.7. The lowest BCUT2D eigenvalue weighted by Crippen LogP contribution is -2.21. The number of aromatic hydroxyl groups is 1. The van der Waals surface area contributed by atoms with Crippen molar-refractivity contribution >= 4 is 11.9 Å². The molecule has 0 aliphatic carbocycles. The highest BCUT2D eigenvalue weighted by Crippen LogP contribution is 2.23. The second kappa shape index (κ2) is 6.13.